The lowest BCUT2D eigenvalue weighted by Crippen LogP contribution is -2.38. The molecule has 3 rings (SSSR count). The van der Waals surface area contributed by atoms with Gasteiger partial charge in [-0.05, 0) is 43.6 Å². The van der Waals surface area contributed by atoms with Crippen molar-refractivity contribution in [2.24, 2.45) is 5.41 Å². The first-order valence-electron chi connectivity index (χ1n) is 11.5. The van der Waals surface area contributed by atoms with E-state index >= 15 is 0 Å². The standard InChI is InChI=1S/C29H36N2O2/c1-7-23(26(33-21-20-31(5)6)18-13-19-28(2,3)4)29(22-14-9-8-10-15-22)24-16-11-12-17-25(24)30-27(29)32/h7-18H,1,19-21H2,2-6H3,(H,30,32)/b18-13-,26-23-. The smallest absolute Gasteiger partial charge is 0.244 e. The van der Waals surface area contributed by atoms with Gasteiger partial charge in [0.05, 0.1) is 0 Å². The first-order chi connectivity index (χ1) is 15.7. The highest BCUT2D eigenvalue weighted by molar-refractivity contribution is 6.11. The van der Waals surface area contributed by atoms with E-state index in [2.05, 4.69) is 43.6 Å². The van der Waals surface area contributed by atoms with E-state index in [1.165, 1.54) is 0 Å². The molecule has 1 aliphatic heterocycles. The highest BCUT2D eigenvalue weighted by Gasteiger charge is 2.51. The van der Waals surface area contributed by atoms with Crippen LogP contribution in [0.3, 0.4) is 0 Å². The van der Waals surface area contributed by atoms with Crippen LogP contribution in [-0.4, -0.2) is 38.1 Å². The number of rotatable bonds is 9. The summed E-state index contributed by atoms with van der Waals surface area (Å²) in [6.45, 7) is 12.0. The quantitative estimate of drug-likeness (QED) is 0.385. The predicted octanol–water partition coefficient (Wildman–Crippen LogP) is 5.94. The Morgan fingerprint density at radius 3 is 2.39 bits per heavy atom. The fraction of sp³-hybridized carbons (Fsp3) is 0.345. The Bertz CT molecular complexity index is 1040. The molecule has 0 saturated carbocycles. The van der Waals surface area contributed by atoms with Crippen LogP contribution in [0.5, 0.6) is 0 Å². The highest BCUT2D eigenvalue weighted by atomic mass is 16.5. The first kappa shape index (κ1) is 24.5. The molecule has 174 valence electrons. The van der Waals surface area contributed by atoms with Crippen LogP contribution >= 0.6 is 0 Å². The van der Waals surface area contributed by atoms with Gasteiger partial charge in [0.25, 0.3) is 0 Å². The lowest BCUT2D eigenvalue weighted by atomic mass is 9.69. The number of nitrogens with one attached hydrogen (secondary N) is 1. The molecule has 4 heteroatoms. The Kier molecular flexibility index (Phi) is 7.60. The number of amides is 1. The zero-order chi connectivity index (χ0) is 24.1. The second kappa shape index (κ2) is 10.2. The molecule has 0 spiro atoms. The minimum atomic E-state index is -1.04. The largest absolute Gasteiger partial charge is 0.492 e. The Morgan fingerprint density at radius 1 is 1.09 bits per heavy atom. The van der Waals surface area contributed by atoms with Crippen LogP contribution in [0.4, 0.5) is 5.69 Å². The van der Waals surface area contributed by atoms with Crippen molar-refractivity contribution in [3.05, 3.63) is 102 Å². The SMILES string of the molecule is C=C/C(=C(\C=C/CC(C)(C)C)OCCN(C)C)C1(c2ccccc2)C(=O)Nc2ccccc21. The molecule has 1 unspecified atom stereocenters. The van der Waals surface area contributed by atoms with Crippen molar-refractivity contribution in [1.29, 1.82) is 0 Å². The molecule has 0 aromatic heterocycles. The molecule has 0 radical (unpaired) electrons. The average molecular weight is 445 g/mol. The van der Waals surface area contributed by atoms with Crippen molar-refractivity contribution in [2.75, 3.05) is 32.6 Å². The summed E-state index contributed by atoms with van der Waals surface area (Å²) < 4.78 is 6.34. The van der Waals surface area contributed by atoms with Gasteiger partial charge in [0.1, 0.15) is 17.8 Å². The van der Waals surface area contributed by atoms with Gasteiger partial charge in [0, 0.05) is 23.4 Å². The summed E-state index contributed by atoms with van der Waals surface area (Å²) in [6, 6.07) is 17.8. The van der Waals surface area contributed by atoms with Gasteiger partial charge in [-0.1, -0.05) is 88.0 Å². The summed E-state index contributed by atoms with van der Waals surface area (Å²) in [5.74, 6) is 0.578. The monoisotopic (exact) mass is 444 g/mol. The molecule has 4 nitrogen and oxygen atoms in total. The fourth-order valence-corrected chi connectivity index (χ4v) is 4.17. The maximum Gasteiger partial charge on any atom is 0.244 e. The van der Waals surface area contributed by atoms with Gasteiger partial charge in [-0.15, -0.1) is 0 Å². The topological polar surface area (TPSA) is 41.6 Å². The number of hydrogen-bond acceptors (Lipinski definition) is 3. The van der Waals surface area contributed by atoms with E-state index in [1.54, 1.807) is 6.08 Å². The molecule has 2 aromatic rings. The molecule has 0 saturated heterocycles. The van der Waals surface area contributed by atoms with Gasteiger partial charge in [-0.2, -0.15) is 0 Å². The number of anilines is 1. The van der Waals surface area contributed by atoms with Crippen molar-refractivity contribution in [2.45, 2.75) is 32.6 Å². The summed E-state index contributed by atoms with van der Waals surface area (Å²) in [5.41, 5.74) is 2.47. The van der Waals surface area contributed by atoms with Crippen molar-refractivity contribution in [3.63, 3.8) is 0 Å². The maximum atomic E-state index is 13.8. The minimum absolute atomic E-state index is 0.0947. The molecule has 1 heterocycles. The lowest BCUT2D eigenvalue weighted by Gasteiger charge is -2.31. The predicted molar refractivity (Wildman–Crippen MR) is 137 cm³/mol. The number of likely N-dealkylation sites (N-methyl/N-ethyl adjacent to an activating group) is 1. The van der Waals surface area contributed by atoms with Crippen molar-refractivity contribution >= 4 is 11.6 Å². The van der Waals surface area contributed by atoms with Crippen LogP contribution in [0.15, 0.2) is 90.7 Å². The number of ether oxygens (including phenoxy) is 1. The molecule has 33 heavy (non-hydrogen) atoms. The summed E-state index contributed by atoms with van der Waals surface area (Å²) in [7, 11) is 4.03. The third kappa shape index (κ3) is 5.28. The molecule has 0 bridgehead atoms. The van der Waals surface area contributed by atoms with E-state index in [-0.39, 0.29) is 11.3 Å². The maximum absolute atomic E-state index is 13.8. The number of benzene rings is 2. The second-order valence-electron chi connectivity index (χ2n) is 9.92. The number of carbonyl (C=O) groups excluding carboxylic acids is 1. The van der Waals surface area contributed by atoms with Crippen LogP contribution in [-0.2, 0) is 14.9 Å². The van der Waals surface area contributed by atoms with Crippen molar-refractivity contribution in [1.82, 2.24) is 4.90 Å². The van der Waals surface area contributed by atoms with E-state index in [1.807, 2.05) is 74.8 Å². The minimum Gasteiger partial charge on any atom is -0.492 e. The van der Waals surface area contributed by atoms with E-state index < -0.39 is 5.41 Å². The molecule has 2 aromatic carbocycles. The van der Waals surface area contributed by atoms with Gasteiger partial charge in [0.15, 0.2) is 0 Å². The van der Waals surface area contributed by atoms with E-state index in [0.717, 1.165) is 35.4 Å². The van der Waals surface area contributed by atoms with E-state index in [4.69, 9.17) is 4.74 Å². The number of nitrogens with zero attached hydrogens (tertiary/aromatic N) is 1. The molecule has 1 aliphatic rings. The Labute approximate surface area is 198 Å². The Hall–Kier alpha value is -3.11. The van der Waals surface area contributed by atoms with Gasteiger partial charge in [0.2, 0.25) is 5.91 Å². The van der Waals surface area contributed by atoms with E-state index in [9.17, 15) is 4.79 Å². The first-order valence-corrected chi connectivity index (χ1v) is 11.5. The van der Waals surface area contributed by atoms with Gasteiger partial charge >= 0.3 is 0 Å². The third-order valence-electron chi connectivity index (χ3n) is 5.80. The van der Waals surface area contributed by atoms with Crippen LogP contribution < -0.4 is 5.32 Å². The van der Waals surface area contributed by atoms with E-state index in [0.29, 0.717) is 12.4 Å². The van der Waals surface area contributed by atoms with Crippen molar-refractivity contribution in [3.8, 4) is 0 Å². The number of fused-ring (bicyclic) bond motifs is 1. The molecule has 1 N–H and O–H groups in total. The lowest BCUT2D eigenvalue weighted by molar-refractivity contribution is -0.118. The van der Waals surface area contributed by atoms with Crippen LogP contribution in [0.25, 0.3) is 0 Å². The third-order valence-corrected chi connectivity index (χ3v) is 5.80. The van der Waals surface area contributed by atoms with Crippen LogP contribution in [0.2, 0.25) is 0 Å². The summed E-state index contributed by atoms with van der Waals surface area (Å²) in [6.07, 6.45) is 6.81. The Morgan fingerprint density at radius 2 is 1.76 bits per heavy atom. The van der Waals surface area contributed by atoms with Gasteiger partial charge in [-0.25, -0.2) is 0 Å². The zero-order valence-corrected chi connectivity index (χ0v) is 20.5. The van der Waals surface area contributed by atoms with Crippen LogP contribution in [0.1, 0.15) is 38.3 Å². The molecule has 0 aliphatic carbocycles. The molecule has 1 atom stereocenters. The number of carbonyl (C=O) groups is 1. The Balaban J connectivity index is 2.25. The molecule has 0 fully saturated rings. The van der Waals surface area contributed by atoms with Gasteiger partial charge < -0.3 is 15.0 Å². The van der Waals surface area contributed by atoms with Crippen LogP contribution in [0, 0.1) is 5.41 Å². The summed E-state index contributed by atoms with van der Waals surface area (Å²) in [4.78, 5) is 15.9. The molecular weight excluding hydrogens is 408 g/mol. The number of hydrogen-bond donors (Lipinski definition) is 1. The normalized spacial score (nSPS) is 18.8. The van der Waals surface area contributed by atoms with Gasteiger partial charge in [-0.3, -0.25) is 4.79 Å². The fourth-order valence-electron chi connectivity index (χ4n) is 4.17. The second-order valence-corrected chi connectivity index (χ2v) is 9.92. The number of allylic oxidation sites excluding steroid dienone is 3. The number of para-hydroxylation sites is 1. The summed E-state index contributed by atoms with van der Waals surface area (Å²) in [5, 5.41) is 3.10. The highest BCUT2D eigenvalue weighted by Crippen LogP contribution is 2.49. The molecule has 1 amide bonds. The van der Waals surface area contributed by atoms with Crippen molar-refractivity contribution < 1.29 is 9.53 Å². The average Bonchev–Trinajstić information content (AvgIpc) is 3.06. The zero-order valence-electron chi connectivity index (χ0n) is 20.5. The molecular formula is C29H36N2O2. The summed E-state index contributed by atoms with van der Waals surface area (Å²) >= 11 is 0.